The van der Waals surface area contributed by atoms with Gasteiger partial charge in [0.25, 0.3) is 0 Å². The van der Waals surface area contributed by atoms with Crippen LogP contribution in [0.25, 0.3) is 22.4 Å². The smallest absolute Gasteiger partial charge is 0.241 e. The fraction of sp³-hybridized carbons (Fsp3) is 0.364. The molecule has 4 rings (SSSR count). The minimum atomic E-state index is 0.0386. The van der Waals surface area contributed by atoms with Gasteiger partial charge in [-0.25, -0.2) is 9.97 Å². The number of hydrogen-bond donors (Lipinski definition) is 1. The van der Waals surface area contributed by atoms with Crippen LogP contribution in [0.3, 0.4) is 0 Å². The van der Waals surface area contributed by atoms with E-state index < -0.39 is 0 Å². The van der Waals surface area contributed by atoms with Crippen molar-refractivity contribution in [3.63, 3.8) is 0 Å². The van der Waals surface area contributed by atoms with Crippen LogP contribution in [-0.2, 0) is 11.3 Å². The molecule has 0 radical (unpaired) electrons. The summed E-state index contributed by atoms with van der Waals surface area (Å²) in [7, 11) is 0. The molecule has 1 fully saturated rings. The Kier molecular flexibility index (Phi) is 5.75. The molecule has 2 heterocycles. The summed E-state index contributed by atoms with van der Waals surface area (Å²) in [5, 5.41) is 7.76. The van der Waals surface area contributed by atoms with Crippen molar-refractivity contribution in [1.29, 1.82) is 0 Å². The van der Waals surface area contributed by atoms with Crippen molar-refractivity contribution < 1.29 is 4.79 Å². The summed E-state index contributed by atoms with van der Waals surface area (Å²) in [4.78, 5) is 20.5. The van der Waals surface area contributed by atoms with Gasteiger partial charge in [0.1, 0.15) is 12.9 Å². The Morgan fingerprint density at radius 1 is 1.00 bits per heavy atom. The molecule has 0 saturated heterocycles. The average molecular weight is 375 g/mol. The Morgan fingerprint density at radius 3 is 2.54 bits per heavy atom. The molecule has 0 unspecified atom stereocenters. The van der Waals surface area contributed by atoms with Crippen LogP contribution in [0, 0.1) is 0 Å². The maximum absolute atomic E-state index is 12.4. The molecule has 3 aromatic rings. The highest BCUT2D eigenvalue weighted by Crippen LogP contribution is 2.24. The summed E-state index contributed by atoms with van der Waals surface area (Å²) in [5.74, 6) is 0.0386. The van der Waals surface area contributed by atoms with Gasteiger partial charge in [0.15, 0.2) is 0 Å². The Balaban J connectivity index is 1.42. The molecule has 2 aromatic heterocycles. The van der Waals surface area contributed by atoms with E-state index in [2.05, 4.69) is 26.4 Å². The summed E-state index contributed by atoms with van der Waals surface area (Å²) in [6, 6.07) is 10.4. The van der Waals surface area contributed by atoms with Crippen molar-refractivity contribution in [3.8, 4) is 22.4 Å². The third kappa shape index (κ3) is 4.63. The number of hydrogen-bond acceptors (Lipinski definition) is 4. The molecular formula is C22H25N5O. The van der Waals surface area contributed by atoms with Gasteiger partial charge < -0.3 is 5.32 Å². The third-order valence-corrected chi connectivity index (χ3v) is 5.22. The van der Waals surface area contributed by atoms with Gasteiger partial charge in [-0.15, -0.1) is 0 Å². The standard InChI is InChI=1S/C22H25N5O/c28-22(25-20-8-3-1-2-4-9-20)15-27-11-10-21(26-27)18-7-5-6-17(12-18)19-13-23-16-24-14-19/h5-7,10-14,16,20H,1-4,8-9,15H2,(H,25,28). The zero-order valence-corrected chi connectivity index (χ0v) is 15.9. The molecule has 1 aliphatic carbocycles. The Hall–Kier alpha value is -3.02. The van der Waals surface area contributed by atoms with E-state index in [-0.39, 0.29) is 12.5 Å². The van der Waals surface area contributed by atoms with E-state index in [4.69, 9.17) is 0 Å². The number of nitrogens with one attached hydrogen (secondary N) is 1. The molecule has 1 N–H and O–H groups in total. The fourth-order valence-electron chi connectivity index (χ4n) is 3.75. The maximum atomic E-state index is 12.4. The summed E-state index contributed by atoms with van der Waals surface area (Å²) < 4.78 is 1.71. The molecular weight excluding hydrogens is 350 g/mol. The first-order valence-electron chi connectivity index (χ1n) is 9.96. The van der Waals surface area contributed by atoms with Crippen LogP contribution in [-0.4, -0.2) is 31.7 Å². The normalized spacial score (nSPS) is 15.1. The summed E-state index contributed by atoms with van der Waals surface area (Å²) in [6.45, 7) is 0.253. The highest BCUT2D eigenvalue weighted by molar-refractivity contribution is 5.76. The van der Waals surface area contributed by atoms with Crippen LogP contribution in [0.1, 0.15) is 38.5 Å². The van der Waals surface area contributed by atoms with Gasteiger partial charge in [-0.1, -0.05) is 43.9 Å². The molecule has 6 nitrogen and oxygen atoms in total. The van der Waals surface area contributed by atoms with E-state index in [1.165, 1.54) is 32.0 Å². The zero-order chi connectivity index (χ0) is 19.2. The molecule has 28 heavy (non-hydrogen) atoms. The van der Waals surface area contributed by atoms with Gasteiger partial charge in [0.2, 0.25) is 5.91 Å². The Morgan fingerprint density at radius 2 is 1.75 bits per heavy atom. The summed E-state index contributed by atoms with van der Waals surface area (Å²) in [6.07, 6.45) is 14.1. The lowest BCUT2D eigenvalue weighted by atomic mass is 10.0. The summed E-state index contributed by atoms with van der Waals surface area (Å²) in [5.41, 5.74) is 3.86. The van der Waals surface area contributed by atoms with Gasteiger partial charge in [0.05, 0.1) is 5.69 Å². The van der Waals surface area contributed by atoms with Crippen molar-refractivity contribution in [3.05, 3.63) is 55.2 Å². The second-order valence-electron chi connectivity index (χ2n) is 7.36. The van der Waals surface area contributed by atoms with Gasteiger partial charge in [0, 0.05) is 35.8 Å². The Bertz CT molecular complexity index is 913. The number of rotatable bonds is 5. The van der Waals surface area contributed by atoms with Crippen LogP contribution in [0.4, 0.5) is 0 Å². The molecule has 0 spiro atoms. The van der Waals surface area contributed by atoms with Crippen LogP contribution in [0.15, 0.2) is 55.2 Å². The second kappa shape index (κ2) is 8.78. The minimum Gasteiger partial charge on any atom is -0.352 e. The number of carbonyl (C=O) groups is 1. The quantitative estimate of drug-likeness (QED) is 0.688. The molecule has 1 aromatic carbocycles. The second-order valence-corrected chi connectivity index (χ2v) is 7.36. The number of benzene rings is 1. The predicted molar refractivity (Wildman–Crippen MR) is 108 cm³/mol. The fourth-order valence-corrected chi connectivity index (χ4v) is 3.75. The molecule has 1 amide bonds. The van der Waals surface area contributed by atoms with Crippen molar-refractivity contribution in [1.82, 2.24) is 25.1 Å². The molecule has 1 saturated carbocycles. The summed E-state index contributed by atoms with van der Waals surface area (Å²) >= 11 is 0. The highest BCUT2D eigenvalue weighted by atomic mass is 16.2. The molecule has 0 aliphatic heterocycles. The van der Waals surface area contributed by atoms with E-state index in [0.717, 1.165) is 35.2 Å². The lowest BCUT2D eigenvalue weighted by Crippen LogP contribution is -2.36. The van der Waals surface area contributed by atoms with E-state index >= 15 is 0 Å². The van der Waals surface area contributed by atoms with E-state index in [0.29, 0.717) is 6.04 Å². The SMILES string of the molecule is O=C(Cn1ccc(-c2cccc(-c3cncnc3)c2)n1)NC1CCCCCC1. The molecule has 0 atom stereocenters. The van der Waals surface area contributed by atoms with Crippen LogP contribution in [0.5, 0.6) is 0 Å². The van der Waals surface area contributed by atoms with Crippen LogP contribution < -0.4 is 5.32 Å². The van der Waals surface area contributed by atoms with Crippen LogP contribution >= 0.6 is 0 Å². The first kappa shape index (κ1) is 18.3. The van der Waals surface area contributed by atoms with E-state index in [1.807, 2.05) is 30.5 Å². The minimum absolute atomic E-state index is 0.0386. The van der Waals surface area contributed by atoms with Gasteiger partial charge in [-0.2, -0.15) is 5.10 Å². The van der Waals surface area contributed by atoms with E-state index in [1.54, 1.807) is 17.1 Å². The first-order chi connectivity index (χ1) is 13.8. The van der Waals surface area contributed by atoms with Crippen molar-refractivity contribution in [2.75, 3.05) is 0 Å². The topological polar surface area (TPSA) is 72.7 Å². The molecule has 1 aliphatic rings. The van der Waals surface area contributed by atoms with Crippen molar-refractivity contribution >= 4 is 5.91 Å². The molecule has 144 valence electrons. The zero-order valence-electron chi connectivity index (χ0n) is 15.9. The predicted octanol–water partition coefficient (Wildman–Crippen LogP) is 3.85. The maximum Gasteiger partial charge on any atom is 0.241 e. The average Bonchev–Trinajstić information content (AvgIpc) is 3.04. The lowest BCUT2D eigenvalue weighted by Gasteiger charge is -2.16. The largest absolute Gasteiger partial charge is 0.352 e. The van der Waals surface area contributed by atoms with Crippen molar-refractivity contribution in [2.24, 2.45) is 0 Å². The molecule has 0 bridgehead atoms. The van der Waals surface area contributed by atoms with Gasteiger partial charge >= 0.3 is 0 Å². The van der Waals surface area contributed by atoms with Gasteiger partial charge in [-0.3, -0.25) is 9.48 Å². The van der Waals surface area contributed by atoms with Crippen molar-refractivity contribution in [2.45, 2.75) is 51.1 Å². The highest BCUT2D eigenvalue weighted by Gasteiger charge is 2.15. The number of amides is 1. The van der Waals surface area contributed by atoms with Crippen LogP contribution in [0.2, 0.25) is 0 Å². The lowest BCUT2D eigenvalue weighted by molar-refractivity contribution is -0.122. The third-order valence-electron chi connectivity index (χ3n) is 5.22. The number of aromatic nitrogens is 4. The van der Waals surface area contributed by atoms with Gasteiger partial charge in [-0.05, 0) is 30.5 Å². The van der Waals surface area contributed by atoms with E-state index in [9.17, 15) is 4.79 Å². The Labute approximate surface area is 165 Å². The first-order valence-corrected chi connectivity index (χ1v) is 9.96. The number of carbonyl (C=O) groups excluding carboxylic acids is 1. The molecule has 6 heteroatoms. The monoisotopic (exact) mass is 375 g/mol. The number of nitrogens with zero attached hydrogens (tertiary/aromatic N) is 4.